The Kier molecular flexibility index (Phi) is 6.72. The molecule has 0 aliphatic heterocycles. The quantitative estimate of drug-likeness (QED) is 0.272. The van der Waals surface area contributed by atoms with Crippen molar-refractivity contribution in [3.8, 4) is 34.0 Å². The minimum absolute atomic E-state index is 0.176. The van der Waals surface area contributed by atoms with Crippen LogP contribution in [0.25, 0.3) is 33.4 Å². The Bertz CT molecular complexity index is 1500. The lowest BCUT2D eigenvalue weighted by atomic mass is 9.98. The Morgan fingerprint density at radius 3 is 2.35 bits per heavy atom. The summed E-state index contributed by atoms with van der Waals surface area (Å²) < 4.78 is 49.4. The molecule has 0 fully saturated rings. The van der Waals surface area contributed by atoms with Gasteiger partial charge in [0.1, 0.15) is 18.1 Å². The average Bonchev–Trinajstić information content (AvgIpc) is 3.45. The normalized spacial score (nSPS) is 11.6. The van der Waals surface area contributed by atoms with Gasteiger partial charge in [-0.05, 0) is 46.5 Å². The van der Waals surface area contributed by atoms with Crippen molar-refractivity contribution < 1.29 is 22.6 Å². The van der Waals surface area contributed by atoms with Crippen LogP contribution in [0, 0.1) is 0 Å². The van der Waals surface area contributed by atoms with Crippen LogP contribution in [0.5, 0.6) is 11.5 Å². The molecule has 5 rings (SSSR count). The molecule has 0 spiro atoms. The van der Waals surface area contributed by atoms with Crippen LogP contribution < -0.4 is 9.47 Å². The van der Waals surface area contributed by atoms with Crippen molar-refractivity contribution in [3.63, 3.8) is 0 Å². The van der Waals surface area contributed by atoms with Crippen molar-refractivity contribution in [2.24, 2.45) is 0 Å². The first-order chi connectivity index (χ1) is 17.9. The standard InChI is InChI=1S/C27H22F3N5O2/c1-2-19-23(37-16-27(28,29)30)12-11-22-25(19)24(13-14-31-22)36-15-17-7-9-18(10-8-17)20-5-3-4-6-21(20)26-32-34-35-33-26/h3-14H,2,15-16H2,1H3,(H,32,33,34,35). The second-order valence-corrected chi connectivity index (χ2v) is 8.27. The van der Waals surface area contributed by atoms with E-state index in [4.69, 9.17) is 9.47 Å². The summed E-state index contributed by atoms with van der Waals surface area (Å²) in [4.78, 5) is 4.36. The fourth-order valence-electron chi connectivity index (χ4n) is 4.18. The van der Waals surface area contributed by atoms with Gasteiger partial charge in [-0.3, -0.25) is 4.98 Å². The van der Waals surface area contributed by atoms with Gasteiger partial charge in [-0.25, -0.2) is 0 Å². The van der Waals surface area contributed by atoms with E-state index in [2.05, 4.69) is 25.6 Å². The van der Waals surface area contributed by atoms with Gasteiger partial charge in [0.2, 0.25) is 5.82 Å². The molecule has 0 aliphatic rings. The highest BCUT2D eigenvalue weighted by atomic mass is 19.4. The van der Waals surface area contributed by atoms with E-state index in [9.17, 15) is 13.2 Å². The summed E-state index contributed by atoms with van der Waals surface area (Å²) in [5.74, 6) is 1.22. The summed E-state index contributed by atoms with van der Waals surface area (Å²) in [7, 11) is 0. The zero-order valence-corrected chi connectivity index (χ0v) is 19.8. The van der Waals surface area contributed by atoms with E-state index in [1.165, 1.54) is 6.07 Å². The van der Waals surface area contributed by atoms with Crippen molar-refractivity contribution in [1.29, 1.82) is 0 Å². The number of aryl methyl sites for hydroxylation is 1. The van der Waals surface area contributed by atoms with E-state index < -0.39 is 12.8 Å². The molecular formula is C27H22F3N5O2. The van der Waals surface area contributed by atoms with Crippen molar-refractivity contribution in [3.05, 3.63) is 84.1 Å². The summed E-state index contributed by atoms with van der Waals surface area (Å²) in [6.45, 7) is 0.768. The molecule has 2 heterocycles. The summed E-state index contributed by atoms with van der Waals surface area (Å²) in [6.07, 6.45) is -2.35. The molecule has 0 aliphatic carbocycles. The number of tetrazole rings is 1. The number of alkyl halides is 3. The number of fused-ring (bicyclic) bond motifs is 1. The van der Waals surface area contributed by atoms with Crippen LogP contribution >= 0.6 is 0 Å². The summed E-state index contributed by atoms with van der Waals surface area (Å²) in [5, 5.41) is 14.9. The smallest absolute Gasteiger partial charge is 0.422 e. The number of hydrogen-bond donors (Lipinski definition) is 1. The van der Waals surface area contributed by atoms with E-state index in [1.54, 1.807) is 18.3 Å². The van der Waals surface area contributed by atoms with Crippen LogP contribution in [0.3, 0.4) is 0 Å². The van der Waals surface area contributed by atoms with Gasteiger partial charge in [0.15, 0.2) is 6.61 Å². The van der Waals surface area contributed by atoms with Gasteiger partial charge in [0.25, 0.3) is 0 Å². The predicted octanol–water partition coefficient (Wildman–Crippen LogP) is 6.16. The number of nitrogens with zero attached hydrogens (tertiary/aromatic N) is 4. The molecule has 0 unspecified atom stereocenters. The Morgan fingerprint density at radius 2 is 1.65 bits per heavy atom. The molecule has 2 aromatic heterocycles. The number of aromatic nitrogens is 5. The summed E-state index contributed by atoms with van der Waals surface area (Å²) >= 11 is 0. The van der Waals surface area contributed by atoms with Crippen molar-refractivity contribution in [2.75, 3.05) is 6.61 Å². The molecule has 5 aromatic rings. The molecule has 0 saturated carbocycles. The maximum absolute atomic E-state index is 12.7. The van der Waals surface area contributed by atoms with Gasteiger partial charge in [0, 0.05) is 22.7 Å². The molecule has 0 atom stereocenters. The maximum Gasteiger partial charge on any atom is 0.422 e. The van der Waals surface area contributed by atoms with Gasteiger partial charge in [0.05, 0.1) is 5.52 Å². The average molecular weight is 506 g/mol. The number of hydrogen-bond acceptors (Lipinski definition) is 6. The lowest BCUT2D eigenvalue weighted by molar-refractivity contribution is -0.153. The van der Waals surface area contributed by atoms with Crippen LogP contribution in [-0.4, -0.2) is 38.4 Å². The van der Waals surface area contributed by atoms with Crippen LogP contribution in [0.4, 0.5) is 13.2 Å². The van der Waals surface area contributed by atoms with Crippen LogP contribution in [0.1, 0.15) is 18.1 Å². The zero-order valence-electron chi connectivity index (χ0n) is 19.8. The first kappa shape index (κ1) is 24.2. The van der Waals surface area contributed by atoms with Crippen LogP contribution in [0.15, 0.2) is 72.9 Å². The number of pyridine rings is 1. The Hall–Kier alpha value is -4.47. The van der Waals surface area contributed by atoms with Crippen molar-refractivity contribution in [1.82, 2.24) is 25.6 Å². The highest BCUT2D eigenvalue weighted by molar-refractivity contribution is 5.90. The first-order valence-electron chi connectivity index (χ1n) is 11.6. The van der Waals surface area contributed by atoms with Gasteiger partial charge < -0.3 is 9.47 Å². The SMILES string of the molecule is CCc1c(OCC(F)(F)F)ccc2nccc(OCc3ccc(-c4ccccc4-c4nn[nH]n4)cc3)c12. The fraction of sp³-hybridized carbons (Fsp3) is 0.185. The number of aromatic amines is 1. The number of halogens is 3. The molecule has 3 aromatic carbocycles. The Balaban J connectivity index is 1.38. The first-order valence-corrected chi connectivity index (χ1v) is 11.6. The summed E-state index contributed by atoms with van der Waals surface area (Å²) in [5.41, 5.74) is 4.99. The second-order valence-electron chi connectivity index (χ2n) is 8.27. The predicted molar refractivity (Wildman–Crippen MR) is 132 cm³/mol. The highest BCUT2D eigenvalue weighted by Crippen LogP contribution is 2.35. The van der Waals surface area contributed by atoms with Gasteiger partial charge in [-0.2, -0.15) is 18.4 Å². The fourth-order valence-corrected chi connectivity index (χ4v) is 4.18. The van der Waals surface area contributed by atoms with Crippen molar-refractivity contribution >= 4 is 10.9 Å². The van der Waals surface area contributed by atoms with Crippen molar-refractivity contribution in [2.45, 2.75) is 26.1 Å². The number of benzene rings is 3. The van der Waals surface area contributed by atoms with E-state index in [-0.39, 0.29) is 12.4 Å². The molecule has 188 valence electrons. The molecule has 0 radical (unpaired) electrons. The number of rotatable bonds is 8. The molecule has 0 saturated heterocycles. The van der Waals surface area contributed by atoms with E-state index in [1.807, 2.05) is 55.5 Å². The largest absolute Gasteiger partial charge is 0.488 e. The highest BCUT2D eigenvalue weighted by Gasteiger charge is 2.29. The zero-order chi connectivity index (χ0) is 25.8. The molecule has 0 amide bonds. The Morgan fingerprint density at radius 1 is 0.865 bits per heavy atom. The van der Waals surface area contributed by atoms with Crippen LogP contribution in [0.2, 0.25) is 0 Å². The monoisotopic (exact) mass is 505 g/mol. The van der Waals surface area contributed by atoms with Crippen LogP contribution in [-0.2, 0) is 13.0 Å². The van der Waals surface area contributed by atoms with Gasteiger partial charge in [-0.15, -0.1) is 10.2 Å². The number of ether oxygens (including phenoxy) is 2. The lowest BCUT2D eigenvalue weighted by Gasteiger charge is -2.17. The van der Waals surface area contributed by atoms with Gasteiger partial charge in [-0.1, -0.05) is 55.5 Å². The van der Waals surface area contributed by atoms with Gasteiger partial charge >= 0.3 is 6.18 Å². The van der Waals surface area contributed by atoms with E-state index in [0.29, 0.717) is 34.5 Å². The Labute approximate surface area is 210 Å². The second kappa shape index (κ2) is 10.3. The molecule has 10 heteroatoms. The third kappa shape index (κ3) is 5.37. The molecular weight excluding hydrogens is 483 g/mol. The third-order valence-electron chi connectivity index (χ3n) is 5.85. The topological polar surface area (TPSA) is 85.8 Å². The molecule has 0 bridgehead atoms. The number of H-pyrrole nitrogens is 1. The molecule has 37 heavy (non-hydrogen) atoms. The number of nitrogens with one attached hydrogen (secondary N) is 1. The maximum atomic E-state index is 12.7. The minimum Gasteiger partial charge on any atom is -0.488 e. The molecule has 1 N–H and O–H groups in total. The van der Waals surface area contributed by atoms with E-state index >= 15 is 0 Å². The molecule has 7 nitrogen and oxygen atoms in total. The van der Waals surface area contributed by atoms with E-state index in [0.717, 1.165) is 22.3 Å². The minimum atomic E-state index is -4.42. The third-order valence-corrected chi connectivity index (χ3v) is 5.85. The summed E-state index contributed by atoms with van der Waals surface area (Å²) in [6, 6.07) is 20.6. The lowest BCUT2D eigenvalue weighted by Crippen LogP contribution is -2.19.